The van der Waals surface area contributed by atoms with Crippen LogP contribution < -0.4 is 5.32 Å². The van der Waals surface area contributed by atoms with Crippen LogP contribution in [0.2, 0.25) is 0 Å². The molecule has 1 amide bonds. The molecule has 1 fully saturated rings. The summed E-state index contributed by atoms with van der Waals surface area (Å²) in [7, 11) is 0. The Kier molecular flexibility index (Phi) is 5.88. The molecule has 1 aliphatic rings. The molecular weight excluding hydrogens is 286 g/mol. The maximum absolute atomic E-state index is 12.5. The van der Waals surface area contributed by atoms with E-state index in [2.05, 4.69) is 17.3 Å². The summed E-state index contributed by atoms with van der Waals surface area (Å²) in [6, 6.07) is 0.306. The molecule has 0 aromatic carbocycles. The minimum atomic E-state index is -0.482. The molecule has 0 saturated carbocycles. The second kappa shape index (κ2) is 7.88. The summed E-state index contributed by atoms with van der Waals surface area (Å²) < 4.78 is 1.46. The van der Waals surface area contributed by atoms with E-state index in [0.29, 0.717) is 19.0 Å². The number of piperidine rings is 1. The quantitative estimate of drug-likeness (QED) is 0.603. The Hall–Kier alpha value is -1.96. The molecule has 2 rings (SSSR count). The van der Waals surface area contributed by atoms with Gasteiger partial charge < -0.3 is 10.2 Å². The minimum Gasteiger partial charge on any atom is -0.340 e. The van der Waals surface area contributed by atoms with Crippen molar-refractivity contribution in [1.29, 1.82) is 0 Å². The highest BCUT2D eigenvalue weighted by atomic mass is 16.6. The van der Waals surface area contributed by atoms with Gasteiger partial charge in [0.1, 0.15) is 12.4 Å². The number of aromatic nitrogens is 2. The van der Waals surface area contributed by atoms with Crippen LogP contribution in [0.15, 0.2) is 12.4 Å². The number of nitro groups is 1. The van der Waals surface area contributed by atoms with Crippen molar-refractivity contribution in [2.24, 2.45) is 0 Å². The summed E-state index contributed by atoms with van der Waals surface area (Å²) in [4.78, 5) is 24.6. The molecule has 0 aliphatic carbocycles. The fourth-order valence-corrected chi connectivity index (χ4v) is 2.79. The minimum absolute atomic E-state index is 0.0452. The Balaban J connectivity index is 1.90. The highest BCUT2D eigenvalue weighted by Crippen LogP contribution is 2.15. The summed E-state index contributed by atoms with van der Waals surface area (Å²) in [6.45, 7) is 5.10. The van der Waals surface area contributed by atoms with E-state index in [1.54, 1.807) is 0 Å². The van der Waals surface area contributed by atoms with E-state index in [1.807, 2.05) is 4.90 Å². The molecule has 1 aromatic heterocycles. The van der Waals surface area contributed by atoms with Crippen molar-refractivity contribution < 1.29 is 9.72 Å². The lowest BCUT2D eigenvalue weighted by atomic mass is 10.0. The van der Waals surface area contributed by atoms with Gasteiger partial charge in [0, 0.05) is 25.6 Å². The van der Waals surface area contributed by atoms with Gasteiger partial charge in [0.15, 0.2) is 0 Å². The Labute approximate surface area is 129 Å². The first-order chi connectivity index (χ1) is 10.6. The van der Waals surface area contributed by atoms with Crippen LogP contribution in [-0.4, -0.2) is 51.2 Å². The second-order valence-electron chi connectivity index (χ2n) is 5.54. The van der Waals surface area contributed by atoms with Crippen molar-refractivity contribution >= 4 is 11.6 Å². The highest BCUT2D eigenvalue weighted by molar-refractivity contribution is 5.76. The average Bonchev–Trinajstić information content (AvgIpc) is 3.00. The lowest BCUT2D eigenvalue weighted by Gasteiger charge is -2.34. The maximum Gasteiger partial charge on any atom is 0.306 e. The van der Waals surface area contributed by atoms with Crippen molar-refractivity contribution in [3.8, 4) is 0 Å². The van der Waals surface area contributed by atoms with Crippen molar-refractivity contribution in [2.45, 2.75) is 45.2 Å². The van der Waals surface area contributed by atoms with Crippen molar-refractivity contribution in [1.82, 2.24) is 20.0 Å². The number of hydrogen-bond acceptors (Lipinski definition) is 5. The van der Waals surface area contributed by atoms with Crippen LogP contribution in [0.1, 0.15) is 32.6 Å². The second-order valence-corrected chi connectivity index (χ2v) is 5.54. The number of amides is 1. The maximum atomic E-state index is 12.5. The van der Waals surface area contributed by atoms with Gasteiger partial charge in [-0.05, 0) is 32.4 Å². The third-order valence-corrected chi connectivity index (χ3v) is 3.92. The number of carbonyl (C=O) groups excluding carboxylic acids is 1. The first kappa shape index (κ1) is 16.4. The monoisotopic (exact) mass is 309 g/mol. The molecule has 0 radical (unpaired) electrons. The topological polar surface area (TPSA) is 93.3 Å². The van der Waals surface area contributed by atoms with Crippen LogP contribution >= 0.6 is 0 Å². The number of carbonyl (C=O) groups is 1. The van der Waals surface area contributed by atoms with E-state index in [-0.39, 0.29) is 11.6 Å². The van der Waals surface area contributed by atoms with E-state index in [4.69, 9.17) is 0 Å². The van der Waals surface area contributed by atoms with Crippen LogP contribution in [0.4, 0.5) is 5.69 Å². The van der Waals surface area contributed by atoms with Crippen molar-refractivity contribution in [3.05, 3.63) is 22.5 Å². The molecule has 122 valence electrons. The third kappa shape index (κ3) is 4.27. The summed E-state index contributed by atoms with van der Waals surface area (Å²) in [5.74, 6) is 0.104. The standard InChI is InChI=1S/C14H23N5O3/c1-2-8-18(12-3-6-15-7-4-12)14(20)5-9-17-11-13(10-16-17)19(21)22/h10-12,15H,2-9H2,1H3. The molecule has 0 bridgehead atoms. The Morgan fingerprint density at radius 2 is 2.27 bits per heavy atom. The molecule has 22 heavy (non-hydrogen) atoms. The predicted octanol–water partition coefficient (Wildman–Crippen LogP) is 1.17. The van der Waals surface area contributed by atoms with E-state index in [0.717, 1.165) is 38.9 Å². The summed E-state index contributed by atoms with van der Waals surface area (Å²) in [5.41, 5.74) is -0.0452. The van der Waals surface area contributed by atoms with Gasteiger partial charge in [-0.25, -0.2) is 0 Å². The van der Waals surface area contributed by atoms with Gasteiger partial charge in [0.05, 0.1) is 4.92 Å². The van der Waals surface area contributed by atoms with Crippen LogP contribution in [0.3, 0.4) is 0 Å². The van der Waals surface area contributed by atoms with Gasteiger partial charge in [-0.1, -0.05) is 6.92 Å². The van der Waals surface area contributed by atoms with E-state index in [9.17, 15) is 14.9 Å². The number of nitrogens with zero attached hydrogens (tertiary/aromatic N) is 4. The molecule has 2 heterocycles. The Bertz CT molecular complexity index is 510. The first-order valence-corrected chi connectivity index (χ1v) is 7.79. The molecule has 8 heteroatoms. The summed E-state index contributed by atoms with van der Waals surface area (Å²) >= 11 is 0. The van der Waals surface area contributed by atoms with Gasteiger partial charge in [0.25, 0.3) is 0 Å². The molecule has 8 nitrogen and oxygen atoms in total. The normalized spacial score (nSPS) is 15.7. The molecule has 0 unspecified atom stereocenters. The summed E-state index contributed by atoms with van der Waals surface area (Å²) in [5, 5.41) is 17.9. The van der Waals surface area contributed by atoms with E-state index in [1.165, 1.54) is 17.1 Å². The van der Waals surface area contributed by atoms with Crippen molar-refractivity contribution in [3.63, 3.8) is 0 Å². The third-order valence-electron chi connectivity index (χ3n) is 3.92. The zero-order valence-corrected chi connectivity index (χ0v) is 12.9. The molecule has 1 aliphatic heterocycles. The number of nitrogens with one attached hydrogen (secondary N) is 1. The largest absolute Gasteiger partial charge is 0.340 e. The SMILES string of the molecule is CCCN(C(=O)CCn1cc([N+](=O)[O-])cn1)C1CCNCC1. The molecule has 1 saturated heterocycles. The van der Waals surface area contributed by atoms with E-state index < -0.39 is 4.92 Å². The van der Waals surface area contributed by atoms with Crippen molar-refractivity contribution in [2.75, 3.05) is 19.6 Å². The molecular formula is C14H23N5O3. The number of hydrogen-bond donors (Lipinski definition) is 1. The van der Waals surface area contributed by atoms with Gasteiger partial charge >= 0.3 is 5.69 Å². The molecule has 0 spiro atoms. The first-order valence-electron chi connectivity index (χ1n) is 7.79. The fraction of sp³-hybridized carbons (Fsp3) is 0.714. The molecule has 1 N–H and O–H groups in total. The fourth-order valence-electron chi connectivity index (χ4n) is 2.79. The Morgan fingerprint density at radius 3 is 2.86 bits per heavy atom. The average molecular weight is 309 g/mol. The van der Waals surface area contributed by atoms with Crippen LogP contribution in [0.5, 0.6) is 0 Å². The molecule has 1 aromatic rings. The smallest absolute Gasteiger partial charge is 0.306 e. The zero-order chi connectivity index (χ0) is 15.9. The predicted molar refractivity (Wildman–Crippen MR) is 81.4 cm³/mol. The van der Waals surface area contributed by atoms with Crippen LogP contribution in [-0.2, 0) is 11.3 Å². The summed E-state index contributed by atoms with van der Waals surface area (Å²) in [6.07, 6.45) is 5.80. The van der Waals surface area contributed by atoms with Gasteiger partial charge in [0.2, 0.25) is 5.91 Å². The highest BCUT2D eigenvalue weighted by Gasteiger charge is 2.24. The van der Waals surface area contributed by atoms with Gasteiger partial charge in [-0.3, -0.25) is 19.6 Å². The lowest BCUT2D eigenvalue weighted by molar-refractivity contribution is -0.385. The Morgan fingerprint density at radius 1 is 1.55 bits per heavy atom. The van der Waals surface area contributed by atoms with Crippen LogP contribution in [0, 0.1) is 10.1 Å². The number of rotatable bonds is 7. The van der Waals surface area contributed by atoms with Crippen LogP contribution in [0.25, 0.3) is 0 Å². The lowest BCUT2D eigenvalue weighted by Crippen LogP contribution is -2.46. The van der Waals surface area contributed by atoms with Gasteiger partial charge in [-0.15, -0.1) is 0 Å². The number of aryl methyl sites for hydroxylation is 1. The van der Waals surface area contributed by atoms with E-state index >= 15 is 0 Å². The molecule has 0 atom stereocenters. The zero-order valence-electron chi connectivity index (χ0n) is 12.9. The van der Waals surface area contributed by atoms with Gasteiger partial charge in [-0.2, -0.15) is 5.10 Å².